The molecule has 1 saturated heterocycles. The predicted octanol–water partition coefficient (Wildman–Crippen LogP) is 4.18. The number of halogens is 1. The predicted molar refractivity (Wildman–Crippen MR) is 96.4 cm³/mol. The van der Waals surface area contributed by atoms with Crippen molar-refractivity contribution in [3.8, 4) is 0 Å². The highest BCUT2D eigenvalue weighted by Crippen LogP contribution is 2.22. The molecule has 1 aliphatic rings. The van der Waals surface area contributed by atoms with E-state index in [-0.39, 0.29) is 6.09 Å². The number of thiophene rings is 1. The Morgan fingerprint density at radius 1 is 1.39 bits per heavy atom. The molecule has 1 fully saturated rings. The second-order valence-electron chi connectivity index (χ2n) is 7.07. The molecule has 0 atom stereocenters. The first-order chi connectivity index (χ1) is 10.8. The van der Waals surface area contributed by atoms with Crippen LogP contribution in [0.5, 0.6) is 0 Å². The van der Waals surface area contributed by atoms with E-state index in [1.807, 2.05) is 31.7 Å². The van der Waals surface area contributed by atoms with Gasteiger partial charge in [-0.05, 0) is 71.2 Å². The molecule has 4 nitrogen and oxygen atoms in total. The van der Waals surface area contributed by atoms with E-state index in [1.54, 1.807) is 11.3 Å². The standard InChI is InChI=1S/C17H27ClN2O2S/c1-17(2,3)22-16(21)20-10-7-13(8-11-20)12-19-9-6-14-4-5-15(18)23-14/h4-5,13,19H,6-12H2,1-3H3. The summed E-state index contributed by atoms with van der Waals surface area (Å²) in [6.45, 7) is 9.29. The summed E-state index contributed by atoms with van der Waals surface area (Å²) in [5.74, 6) is 0.639. The van der Waals surface area contributed by atoms with Gasteiger partial charge < -0.3 is 15.0 Å². The van der Waals surface area contributed by atoms with Gasteiger partial charge in [0, 0.05) is 18.0 Å². The Morgan fingerprint density at radius 2 is 2.09 bits per heavy atom. The van der Waals surface area contributed by atoms with Gasteiger partial charge in [-0.25, -0.2) is 4.79 Å². The number of likely N-dealkylation sites (tertiary alicyclic amines) is 1. The molecule has 1 aromatic rings. The summed E-state index contributed by atoms with van der Waals surface area (Å²) >= 11 is 7.58. The van der Waals surface area contributed by atoms with E-state index in [4.69, 9.17) is 16.3 Å². The van der Waals surface area contributed by atoms with Crippen LogP contribution in [-0.4, -0.2) is 42.8 Å². The van der Waals surface area contributed by atoms with Crippen molar-refractivity contribution in [3.05, 3.63) is 21.3 Å². The molecule has 0 aromatic carbocycles. The molecule has 1 N–H and O–H groups in total. The second kappa shape index (κ2) is 8.36. The van der Waals surface area contributed by atoms with Gasteiger partial charge in [0.25, 0.3) is 0 Å². The number of nitrogens with one attached hydrogen (secondary N) is 1. The second-order valence-corrected chi connectivity index (χ2v) is 8.87. The Morgan fingerprint density at radius 3 is 2.65 bits per heavy atom. The van der Waals surface area contributed by atoms with Gasteiger partial charge in [0.2, 0.25) is 0 Å². The van der Waals surface area contributed by atoms with Crippen LogP contribution < -0.4 is 5.32 Å². The van der Waals surface area contributed by atoms with E-state index in [0.717, 1.165) is 49.8 Å². The lowest BCUT2D eigenvalue weighted by molar-refractivity contribution is 0.0184. The monoisotopic (exact) mass is 358 g/mol. The minimum absolute atomic E-state index is 0.182. The smallest absolute Gasteiger partial charge is 0.410 e. The zero-order valence-corrected chi connectivity index (χ0v) is 15.8. The molecular weight excluding hydrogens is 332 g/mol. The summed E-state index contributed by atoms with van der Waals surface area (Å²) < 4.78 is 6.28. The van der Waals surface area contributed by atoms with Gasteiger partial charge in [-0.15, -0.1) is 11.3 Å². The summed E-state index contributed by atoms with van der Waals surface area (Å²) in [5.41, 5.74) is -0.416. The van der Waals surface area contributed by atoms with Gasteiger partial charge in [0.05, 0.1) is 4.34 Å². The lowest BCUT2D eigenvalue weighted by Crippen LogP contribution is -2.43. The Balaban J connectivity index is 1.60. The number of hydrogen-bond donors (Lipinski definition) is 1. The molecule has 0 aliphatic carbocycles. The number of nitrogens with zero attached hydrogens (tertiary/aromatic N) is 1. The van der Waals surface area contributed by atoms with Crippen LogP contribution in [0.25, 0.3) is 0 Å². The molecule has 0 bridgehead atoms. The van der Waals surface area contributed by atoms with Crippen molar-refractivity contribution in [1.82, 2.24) is 10.2 Å². The lowest BCUT2D eigenvalue weighted by Gasteiger charge is -2.33. The van der Waals surface area contributed by atoms with Crippen LogP contribution in [-0.2, 0) is 11.2 Å². The van der Waals surface area contributed by atoms with Gasteiger partial charge in [0.15, 0.2) is 0 Å². The fraction of sp³-hybridized carbons (Fsp3) is 0.706. The molecule has 1 amide bonds. The largest absolute Gasteiger partial charge is 0.444 e. The van der Waals surface area contributed by atoms with Crippen molar-refractivity contribution in [2.75, 3.05) is 26.2 Å². The van der Waals surface area contributed by atoms with Crippen molar-refractivity contribution >= 4 is 29.0 Å². The van der Waals surface area contributed by atoms with Crippen LogP contribution in [0.3, 0.4) is 0 Å². The molecule has 0 saturated carbocycles. The maximum atomic E-state index is 12.0. The third-order valence-corrected chi connectivity index (χ3v) is 5.17. The molecular formula is C17H27ClN2O2S. The van der Waals surface area contributed by atoms with Gasteiger partial charge in [0.1, 0.15) is 5.60 Å². The summed E-state index contributed by atoms with van der Waals surface area (Å²) in [6, 6.07) is 4.04. The molecule has 1 aromatic heterocycles. The van der Waals surface area contributed by atoms with Crippen molar-refractivity contribution in [1.29, 1.82) is 0 Å². The highest BCUT2D eigenvalue weighted by atomic mass is 35.5. The highest BCUT2D eigenvalue weighted by molar-refractivity contribution is 7.16. The normalized spacial score (nSPS) is 16.6. The SMILES string of the molecule is CC(C)(C)OC(=O)N1CCC(CNCCc2ccc(Cl)s2)CC1. The first kappa shape index (κ1) is 18.6. The molecule has 130 valence electrons. The van der Waals surface area contributed by atoms with Gasteiger partial charge in [-0.2, -0.15) is 0 Å². The third-order valence-electron chi connectivity index (χ3n) is 3.88. The quantitative estimate of drug-likeness (QED) is 0.803. The van der Waals surface area contributed by atoms with Crippen molar-refractivity contribution < 1.29 is 9.53 Å². The molecule has 0 unspecified atom stereocenters. The lowest BCUT2D eigenvalue weighted by atomic mass is 9.97. The van der Waals surface area contributed by atoms with E-state index in [2.05, 4.69) is 11.4 Å². The summed E-state index contributed by atoms with van der Waals surface area (Å²) in [6.07, 6.45) is 2.92. The molecule has 2 heterocycles. The molecule has 0 spiro atoms. The maximum Gasteiger partial charge on any atom is 0.410 e. The number of carbonyl (C=O) groups is 1. The topological polar surface area (TPSA) is 41.6 Å². The Kier molecular flexibility index (Phi) is 6.74. The van der Waals surface area contributed by atoms with Crippen molar-refractivity contribution in [2.45, 2.75) is 45.6 Å². The minimum Gasteiger partial charge on any atom is -0.444 e. The van der Waals surface area contributed by atoms with Crippen molar-refractivity contribution in [3.63, 3.8) is 0 Å². The highest BCUT2D eigenvalue weighted by Gasteiger charge is 2.26. The van der Waals surface area contributed by atoms with E-state index in [1.165, 1.54) is 4.88 Å². The van der Waals surface area contributed by atoms with Crippen LogP contribution in [0.4, 0.5) is 4.79 Å². The van der Waals surface area contributed by atoms with Crippen molar-refractivity contribution in [2.24, 2.45) is 5.92 Å². The van der Waals surface area contributed by atoms with Gasteiger partial charge in [-0.1, -0.05) is 11.6 Å². The number of rotatable bonds is 5. The number of carbonyl (C=O) groups excluding carboxylic acids is 1. The number of amides is 1. The number of ether oxygens (including phenoxy) is 1. The number of piperidine rings is 1. The van der Waals surface area contributed by atoms with Crippen LogP contribution in [0.1, 0.15) is 38.5 Å². The molecule has 2 rings (SSSR count). The molecule has 23 heavy (non-hydrogen) atoms. The summed E-state index contributed by atoms with van der Waals surface area (Å²) in [5, 5.41) is 3.52. The van der Waals surface area contributed by atoms with E-state index >= 15 is 0 Å². The Bertz CT molecular complexity index is 505. The Labute approximate surface area is 148 Å². The van der Waals surface area contributed by atoms with Crippen LogP contribution >= 0.6 is 22.9 Å². The molecule has 0 radical (unpaired) electrons. The fourth-order valence-electron chi connectivity index (χ4n) is 2.65. The third kappa shape index (κ3) is 6.69. The average molecular weight is 359 g/mol. The maximum absolute atomic E-state index is 12.0. The van der Waals surface area contributed by atoms with Crippen LogP contribution in [0.2, 0.25) is 4.34 Å². The van der Waals surface area contributed by atoms with Gasteiger partial charge in [-0.3, -0.25) is 0 Å². The van der Waals surface area contributed by atoms with E-state index < -0.39 is 5.60 Å². The van der Waals surface area contributed by atoms with Crippen LogP contribution in [0, 0.1) is 5.92 Å². The summed E-state index contributed by atoms with van der Waals surface area (Å²) in [4.78, 5) is 15.2. The molecule has 1 aliphatic heterocycles. The molecule has 6 heteroatoms. The van der Waals surface area contributed by atoms with E-state index in [9.17, 15) is 4.79 Å². The van der Waals surface area contributed by atoms with E-state index in [0.29, 0.717) is 5.92 Å². The first-order valence-corrected chi connectivity index (χ1v) is 9.46. The number of hydrogen-bond acceptors (Lipinski definition) is 4. The zero-order valence-electron chi connectivity index (χ0n) is 14.2. The van der Waals surface area contributed by atoms with Crippen LogP contribution in [0.15, 0.2) is 12.1 Å². The Hall–Kier alpha value is -0.780. The first-order valence-electron chi connectivity index (χ1n) is 8.26. The zero-order chi connectivity index (χ0) is 16.9. The average Bonchev–Trinajstić information content (AvgIpc) is 2.88. The fourth-order valence-corrected chi connectivity index (χ4v) is 3.74. The van der Waals surface area contributed by atoms with Gasteiger partial charge >= 0.3 is 6.09 Å². The summed E-state index contributed by atoms with van der Waals surface area (Å²) in [7, 11) is 0. The minimum atomic E-state index is -0.416.